The topological polar surface area (TPSA) is 51.3 Å². The summed E-state index contributed by atoms with van der Waals surface area (Å²) in [5, 5.41) is 4.23. The van der Waals surface area contributed by atoms with E-state index in [4.69, 9.17) is 4.42 Å². The number of aryl methyl sites for hydroxylation is 1. The molecule has 3 aromatic rings. The number of furan rings is 1. The summed E-state index contributed by atoms with van der Waals surface area (Å²) in [4.78, 5) is 14.7. The number of benzene rings is 1. The summed E-state index contributed by atoms with van der Waals surface area (Å²) < 4.78 is 7.30. The average molecular weight is 309 g/mol. The van der Waals surface area contributed by atoms with Gasteiger partial charge in [-0.25, -0.2) is 4.68 Å². The summed E-state index contributed by atoms with van der Waals surface area (Å²) in [5.41, 5.74) is 1.40. The number of carbonyl (C=O) groups excluding carboxylic acids is 1. The summed E-state index contributed by atoms with van der Waals surface area (Å²) in [6, 6.07) is 13.1. The number of nitrogens with zero attached hydrogens (tertiary/aromatic N) is 3. The van der Waals surface area contributed by atoms with E-state index in [2.05, 4.69) is 5.10 Å². The summed E-state index contributed by atoms with van der Waals surface area (Å²) in [6.07, 6.45) is 3.53. The molecular weight excluding hydrogens is 290 g/mol. The van der Waals surface area contributed by atoms with Crippen LogP contribution < -0.4 is 0 Å². The lowest BCUT2D eigenvalue weighted by Gasteiger charge is -2.21. The smallest absolute Gasteiger partial charge is 0.256 e. The first kappa shape index (κ1) is 15.1. The second kappa shape index (κ2) is 6.52. The van der Waals surface area contributed by atoms with E-state index in [1.807, 2.05) is 62.5 Å². The molecule has 0 aliphatic heterocycles. The fourth-order valence-corrected chi connectivity index (χ4v) is 2.52. The van der Waals surface area contributed by atoms with Gasteiger partial charge < -0.3 is 9.32 Å². The summed E-state index contributed by atoms with van der Waals surface area (Å²) in [7, 11) is 0. The lowest BCUT2D eigenvalue weighted by atomic mass is 10.1. The molecule has 0 radical (unpaired) electrons. The highest BCUT2D eigenvalue weighted by atomic mass is 16.3. The molecule has 0 N–H and O–H groups in total. The van der Waals surface area contributed by atoms with Crippen molar-refractivity contribution in [2.24, 2.45) is 0 Å². The number of rotatable bonds is 5. The monoisotopic (exact) mass is 309 g/mol. The van der Waals surface area contributed by atoms with Crippen LogP contribution in [-0.4, -0.2) is 27.1 Å². The first-order chi connectivity index (χ1) is 11.2. The van der Waals surface area contributed by atoms with E-state index in [0.717, 1.165) is 17.2 Å². The Kier molecular flexibility index (Phi) is 4.28. The van der Waals surface area contributed by atoms with Crippen LogP contribution in [0.15, 0.2) is 59.3 Å². The Labute approximate surface area is 135 Å². The number of hydrogen-bond acceptors (Lipinski definition) is 3. The minimum Gasteiger partial charge on any atom is -0.464 e. The van der Waals surface area contributed by atoms with E-state index in [0.29, 0.717) is 18.7 Å². The van der Waals surface area contributed by atoms with Crippen LogP contribution >= 0.6 is 0 Å². The van der Waals surface area contributed by atoms with Gasteiger partial charge in [0.25, 0.3) is 5.91 Å². The standard InChI is InChI=1S/C18H19N3O2/c1-3-20(13-15-10-9-14(2)23-15)18(22)16-7-4-5-8-17(16)21-12-6-11-19-21/h4-12H,3,13H2,1-2H3. The summed E-state index contributed by atoms with van der Waals surface area (Å²) in [5.74, 6) is 1.60. The van der Waals surface area contributed by atoms with E-state index in [1.165, 1.54) is 0 Å². The van der Waals surface area contributed by atoms with Crippen LogP contribution in [0.1, 0.15) is 28.8 Å². The van der Waals surface area contributed by atoms with Gasteiger partial charge in [0.05, 0.1) is 17.8 Å². The summed E-state index contributed by atoms with van der Waals surface area (Å²) in [6.45, 7) is 4.92. The van der Waals surface area contributed by atoms with Gasteiger partial charge in [-0.1, -0.05) is 12.1 Å². The van der Waals surface area contributed by atoms with Gasteiger partial charge in [-0.15, -0.1) is 0 Å². The molecule has 118 valence electrons. The highest BCUT2D eigenvalue weighted by Gasteiger charge is 2.19. The molecule has 23 heavy (non-hydrogen) atoms. The maximum Gasteiger partial charge on any atom is 0.256 e. The third kappa shape index (κ3) is 3.18. The van der Waals surface area contributed by atoms with Crippen molar-refractivity contribution in [1.82, 2.24) is 14.7 Å². The lowest BCUT2D eigenvalue weighted by Crippen LogP contribution is -2.31. The molecule has 5 heteroatoms. The van der Waals surface area contributed by atoms with Crippen LogP contribution in [0.4, 0.5) is 0 Å². The second-order valence-corrected chi connectivity index (χ2v) is 5.30. The van der Waals surface area contributed by atoms with Gasteiger partial charge in [0.2, 0.25) is 0 Å². The SMILES string of the molecule is CCN(Cc1ccc(C)o1)C(=O)c1ccccc1-n1cccn1. The Hall–Kier alpha value is -2.82. The van der Waals surface area contributed by atoms with Gasteiger partial charge >= 0.3 is 0 Å². The normalized spacial score (nSPS) is 10.7. The van der Waals surface area contributed by atoms with Crippen LogP contribution in [0.5, 0.6) is 0 Å². The molecule has 2 aromatic heterocycles. The Bertz CT molecular complexity index is 790. The van der Waals surface area contributed by atoms with Crippen molar-refractivity contribution in [3.05, 3.63) is 71.9 Å². The maximum absolute atomic E-state index is 12.9. The van der Waals surface area contributed by atoms with Gasteiger partial charge in [0, 0.05) is 18.9 Å². The fraction of sp³-hybridized carbons (Fsp3) is 0.222. The number of amides is 1. The second-order valence-electron chi connectivity index (χ2n) is 5.30. The van der Waals surface area contributed by atoms with E-state index >= 15 is 0 Å². The van der Waals surface area contributed by atoms with Crippen LogP contribution in [0.3, 0.4) is 0 Å². The van der Waals surface area contributed by atoms with Crippen molar-refractivity contribution in [1.29, 1.82) is 0 Å². The highest BCUT2D eigenvalue weighted by molar-refractivity contribution is 5.97. The van der Waals surface area contributed by atoms with E-state index in [9.17, 15) is 4.79 Å². The van der Waals surface area contributed by atoms with Crippen LogP contribution in [0.25, 0.3) is 5.69 Å². The molecule has 3 rings (SSSR count). The minimum absolute atomic E-state index is 0.0346. The zero-order chi connectivity index (χ0) is 16.2. The van der Waals surface area contributed by atoms with E-state index in [-0.39, 0.29) is 5.91 Å². The van der Waals surface area contributed by atoms with Crippen molar-refractivity contribution in [3.63, 3.8) is 0 Å². The fourth-order valence-electron chi connectivity index (χ4n) is 2.52. The Morgan fingerprint density at radius 2 is 2.04 bits per heavy atom. The quantitative estimate of drug-likeness (QED) is 0.725. The molecule has 0 saturated heterocycles. The maximum atomic E-state index is 12.9. The van der Waals surface area contributed by atoms with Gasteiger partial charge in [0.15, 0.2) is 0 Å². The molecular formula is C18H19N3O2. The molecule has 1 aromatic carbocycles. The van der Waals surface area contributed by atoms with Gasteiger partial charge in [-0.3, -0.25) is 4.79 Å². The minimum atomic E-state index is -0.0346. The molecule has 0 unspecified atom stereocenters. The lowest BCUT2D eigenvalue weighted by molar-refractivity contribution is 0.0740. The van der Waals surface area contributed by atoms with Gasteiger partial charge in [0.1, 0.15) is 11.5 Å². The van der Waals surface area contributed by atoms with Crippen molar-refractivity contribution in [2.45, 2.75) is 20.4 Å². The summed E-state index contributed by atoms with van der Waals surface area (Å²) >= 11 is 0. The number of carbonyl (C=O) groups is 1. The first-order valence-corrected chi connectivity index (χ1v) is 7.62. The largest absolute Gasteiger partial charge is 0.464 e. The van der Waals surface area contributed by atoms with Gasteiger partial charge in [-0.05, 0) is 44.2 Å². The van der Waals surface area contributed by atoms with E-state index < -0.39 is 0 Å². The molecule has 5 nitrogen and oxygen atoms in total. The zero-order valence-electron chi connectivity index (χ0n) is 13.3. The van der Waals surface area contributed by atoms with E-state index in [1.54, 1.807) is 15.8 Å². The van der Waals surface area contributed by atoms with Crippen molar-refractivity contribution >= 4 is 5.91 Å². The molecule has 1 amide bonds. The van der Waals surface area contributed by atoms with Crippen molar-refractivity contribution in [2.75, 3.05) is 6.54 Å². The van der Waals surface area contributed by atoms with Gasteiger partial charge in [-0.2, -0.15) is 5.10 Å². The van der Waals surface area contributed by atoms with Crippen molar-refractivity contribution < 1.29 is 9.21 Å². The Balaban J connectivity index is 1.89. The Morgan fingerprint density at radius 1 is 1.22 bits per heavy atom. The predicted molar refractivity (Wildman–Crippen MR) is 87.4 cm³/mol. The third-order valence-corrected chi connectivity index (χ3v) is 3.70. The molecule has 2 heterocycles. The third-order valence-electron chi connectivity index (χ3n) is 3.70. The molecule has 0 atom stereocenters. The molecule has 0 fully saturated rings. The molecule has 0 aliphatic carbocycles. The Morgan fingerprint density at radius 3 is 2.70 bits per heavy atom. The zero-order valence-corrected chi connectivity index (χ0v) is 13.3. The molecule has 0 saturated carbocycles. The molecule has 0 spiro atoms. The highest BCUT2D eigenvalue weighted by Crippen LogP contribution is 2.18. The number of para-hydroxylation sites is 1. The number of aromatic nitrogens is 2. The average Bonchev–Trinajstić information content (AvgIpc) is 3.23. The van der Waals surface area contributed by atoms with Crippen LogP contribution in [0.2, 0.25) is 0 Å². The van der Waals surface area contributed by atoms with Crippen molar-refractivity contribution in [3.8, 4) is 5.69 Å². The predicted octanol–water partition coefficient (Wildman–Crippen LogP) is 3.44. The molecule has 0 bridgehead atoms. The molecule has 0 aliphatic rings. The number of hydrogen-bond donors (Lipinski definition) is 0. The van der Waals surface area contributed by atoms with Crippen LogP contribution in [-0.2, 0) is 6.54 Å². The first-order valence-electron chi connectivity index (χ1n) is 7.62. The van der Waals surface area contributed by atoms with Crippen LogP contribution in [0, 0.1) is 6.92 Å².